The van der Waals surface area contributed by atoms with Crippen molar-refractivity contribution in [2.75, 3.05) is 39.3 Å². The van der Waals surface area contributed by atoms with Crippen LogP contribution in [0.3, 0.4) is 0 Å². The molecule has 0 radical (unpaired) electrons. The maximum Gasteiger partial charge on any atom is 0.281 e. The largest absolute Gasteiger partial charge is 0.350 e. The maximum absolute atomic E-state index is 13.3. The summed E-state index contributed by atoms with van der Waals surface area (Å²) >= 11 is 6.02. The van der Waals surface area contributed by atoms with Crippen molar-refractivity contribution < 1.29 is 22.3 Å². The summed E-state index contributed by atoms with van der Waals surface area (Å²) in [6, 6.07) is 3.72. The molecule has 1 amide bonds. The van der Waals surface area contributed by atoms with E-state index in [1.165, 1.54) is 21.1 Å². The van der Waals surface area contributed by atoms with Crippen molar-refractivity contribution in [2.45, 2.75) is 31.2 Å². The lowest BCUT2D eigenvalue weighted by Crippen LogP contribution is -2.61. The van der Waals surface area contributed by atoms with Crippen LogP contribution in [0.25, 0.3) is 0 Å². The van der Waals surface area contributed by atoms with Gasteiger partial charge in [-0.2, -0.15) is 4.31 Å². The number of hydrogen-bond donors (Lipinski definition) is 1. The first-order valence-corrected chi connectivity index (χ1v) is 12.2. The lowest BCUT2D eigenvalue weighted by Gasteiger charge is -2.45. The monoisotopic (exact) mass is 470 g/mol. The van der Waals surface area contributed by atoms with E-state index in [-0.39, 0.29) is 33.6 Å². The fourth-order valence-corrected chi connectivity index (χ4v) is 6.37. The molecule has 1 saturated heterocycles. The maximum atomic E-state index is 13.3. The van der Waals surface area contributed by atoms with E-state index in [9.17, 15) is 17.6 Å². The van der Waals surface area contributed by atoms with Gasteiger partial charge in [-0.3, -0.25) is 9.69 Å². The molecule has 0 atom stereocenters. The van der Waals surface area contributed by atoms with Crippen molar-refractivity contribution in [3.8, 4) is 0 Å². The molecule has 0 bridgehead atoms. The van der Waals surface area contributed by atoms with E-state index in [1.807, 2.05) is 0 Å². The molecule has 0 aromatic heterocycles. The number of amides is 1. The van der Waals surface area contributed by atoms with Crippen molar-refractivity contribution in [1.82, 2.24) is 14.5 Å². The molecule has 11 heteroatoms. The molecule has 1 aromatic rings. The summed E-state index contributed by atoms with van der Waals surface area (Å²) in [5, 5.41) is 7.10. The van der Waals surface area contributed by atoms with E-state index < -0.39 is 15.8 Å². The molecule has 0 spiro atoms. The van der Waals surface area contributed by atoms with E-state index in [1.54, 1.807) is 0 Å². The van der Waals surface area contributed by atoms with Gasteiger partial charge in [0.05, 0.1) is 10.6 Å². The van der Waals surface area contributed by atoms with E-state index >= 15 is 0 Å². The lowest BCUT2D eigenvalue weighted by atomic mass is 9.93. The van der Waals surface area contributed by atoms with Gasteiger partial charge in [0.15, 0.2) is 6.72 Å². The molecule has 168 valence electrons. The number of benzene rings is 1. The molecular weight excluding hydrogens is 445 g/mol. The second-order valence-corrected chi connectivity index (χ2v) is 10.6. The number of hydrogen-bond acceptors (Lipinski definition) is 5. The third-order valence-electron chi connectivity index (χ3n) is 6.41. The van der Waals surface area contributed by atoms with Gasteiger partial charge in [-0.15, -0.1) is 0 Å². The van der Waals surface area contributed by atoms with Crippen LogP contribution >= 0.6 is 11.6 Å². The molecule has 2 fully saturated rings. The Bertz CT molecular complexity index is 1030. The zero-order valence-electron chi connectivity index (χ0n) is 17.2. The number of sulfonamides is 1. The molecule has 8 nitrogen and oxygen atoms in total. The zero-order chi connectivity index (χ0) is 22.2. The fourth-order valence-electron chi connectivity index (χ4n) is 4.64. The average Bonchev–Trinajstić information content (AvgIpc) is 3.20. The number of carbonyl (C=O) groups excluding carboxylic acids is 1. The Morgan fingerprint density at radius 2 is 1.90 bits per heavy atom. The summed E-state index contributed by atoms with van der Waals surface area (Å²) in [6.45, 7) is 6.22. The third kappa shape index (κ3) is 4.39. The van der Waals surface area contributed by atoms with Crippen LogP contribution in [-0.2, 0) is 10.0 Å². The fraction of sp³-hybridized carbons (Fsp3) is 0.550. The molecule has 1 aliphatic carbocycles. The van der Waals surface area contributed by atoms with Gasteiger partial charge in [-0.25, -0.2) is 12.8 Å². The average molecular weight is 471 g/mol. The van der Waals surface area contributed by atoms with Gasteiger partial charge in [0, 0.05) is 43.4 Å². The summed E-state index contributed by atoms with van der Waals surface area (Å²) in [7, 11) is -3.54. The van der Waals surface area contributed by atoms with Gasteiger partial charge < -0.3 is 5.32 Å². The van der Waals surface area contributed by atoms with E-state index in [0.29, 0.717) is 32.7 Å². The van der Waals surface area contributed by atoms with Crippen LogP contribution in [0.4, 0.5) is 4.39 Å². The molecule has 0 unspecified atom stereocenters. The summed E-state index contributed by atoms with van der Waals surface area (Å²) in [5.74, 6) is -0.823. The molecule has 2 heterocycles. The molecular formula is C20H26ClFN5O3S+. The first-order chi connectivity index (χ1) is 14.7. The summed E-state index contributed by atoms with van der Waals surface area (Å²) in [5.41, 5.74) is 0.0312. The van der Waals surface area contributed by atoms with Crippen molar-refractivity contribution in [3.63, 3.8) is 0 Å². The lowest BCUT2D eigenvalue weighted by molar-refractivity contribution is -0.532. The van der Waals surface area contributed by atoms with Crippen molar-refractivity contribution >= 4 is 39.3 Å². The highest BCUT2D eigenvalue weighted by Crippen LogP contribution is 2.36. The molecule has 1 aromatic carbocycles. The quantitative estimate of drug-likeness (QED) is 0.661. The Balaban J connectivity index is 1.40. The van der Waals surface area contributed by atoms with Crippen LogP contribution in [0.2, 0.25) is 5.02 Å². The summed E-state index contributed by atoms with van der Waals surface area (Å²) in [4.78, 5) is 14.9. The molecule has 1 N–H and O–H groups in total. The first-order valence-electron chi connectivity index (χ1n) is 10.4. The number of rotatable bonds is 5. The van der Waals surface area contributed by atoms with Crippen molar-refractivity contribution in [1.29, 1.82) is 0 Å². The van der Waals surface area contributed by atoms with Gasteiger partial charge in [-0.1, -0.05) is 29.1 Å². The van der Waals surface area contributed by atoms with Crippen LogP contribution in [-0.4, -0.2) is 84.8 Å². The van der Waals surface area contributed by atoms with E-state index in [4.69, 9.17) is 11.6 Å². The molecule has 2 aliphatic heterocycles. The third-order valence-corrected chi connectivity index (χ3v) is 8.57. The van der Waals surface area contributed by atoms with Gasteiger partial charge in [0.25, 0.3) is 21.0 Å². The van der Waals surface area contributed by atoms with E-state index in [2.05, 4.69) is 22.0 Å². The normalized spacial score (nSPS) is 22.1. The number of nitrogens with one attached hydrogen (secondary N) is 1. The second kappa shape index (κ2) is 8.57. The van der Waals surface area contributed by atoms with Gasteiger partial charge in [-0.05, 0) is 31.0 Å². The van der Waals surface area contributed by atoms with Gasteiger partial charge >= 0.3 is 0 Å². The van der Waals surface area contributed by atoms with Gasteiger partial charge in [0.1, 0.15) is 5.82 Å². The Kier molecular flexibility index (Phi) is 6.17. The highest BCUT2D eigenvalue weighted by atomic mass is 35.5. The Hall–Kier alpha value is -1.88. The topological polar surface area (TPSA) is 85.1 Å². The predicted molar refractivity (Wildman–Crippen MR) is 117 cm³/mol. The van der Waals surface area contributed by atoms with Crippen molar-refractivity contribution in [3.05, 3.63) is 34.6 Å². The standard InChI is InChI=1S/C20H25ClFN5O3S/c1-25-13-18(24-25)31(29,30)27-10-8-26(9-11-27)20(6-2-3-7-20)14-23-19(28)16-5-4-15(22)12-17(16)21/h4-5,12H,1-3,6-11,13-14H2/p+1. The summed E-state index contributed by atoms with van der Waals surface area (Å²) in [6.07, 6.45) is 3.98. The number of piperazine rings is 1. The molecule has 3 aliphatic rings. The Morgan fingerprint density at radius 3 is 2.48 bits per heavy atom. The molecule has 1 saturated carbocycles. The second-order valence-electron chi connectivity index (χ2n) is 8.29. The van der Waals surface area contributed by atoms with Crippen LogP contribution in [0.1, 0.15) is 36.0 Å². The van der Waals surface area contributed by atoms with Crippen LogP contribution in [0, 0.1) is 5.82 Å². The van der Waals surface area contributed by atoms with Gasteiger partial charge in [0.2, 0.25) is 6.54 Å². The number of carbonyl (C=O) groups is 1. The predicted octanol–water partition coefficient (Wildman–Crippen LogP) is 1.51. The number of nitrogens with zero attached hydrogens (tertiary/aromatic N) is 4. The summed E-state index contributed by atoms with van der Waals surface area (Å²) < 4.78 is 41.5. The molecule has 4 rings (SSSR count). The first kappa shape index (κ1) is 22.3. The highest BCUT2D eigenvalue weighted by Gasteiger charge is 2.44. The minimum atomic E-state index is -3.54. The smallest absolute Gasteiger partial charge is 0.281 e. The van der Waals surface area contributed by atoms with Crippen LogP contribution < -0.4 is 5.32 Å². The SMILES string of the molecule is C=[N+]1CC(S(=O)(=O)N2CCN(C3(CNC(=O)c4ccc(F)cc4Cl)CCCC3)CC2)=N1. The van der Waals surface area contributed by atoms with E-state index in [0.717, 1.165) is 31.7 Å². The Labute approximate surface area is 186 Å². The van der Waals surface area contributed by atoms with Crippen LogP contribution in [0.5, 0.6) is 0 Å². The van der Waals surface area contributed by atoms with Crippen LogP contribution in [0.15, 0.2) is 23.3 Å². The molecule has 31 heavy (non-hydrogen) atoms. The zero-order valence-corrected chi connectivity index (χ0v) is 18.8. The van der Waals surface area contributed by atoms with Crippen molar-refractivity contribution in [2.24, 2.45) is 5.10 Å². The Morgan fingerprint density at radius 1 is 1.26 bits per heavy atom. The number of halogens is 2. The minimum Gasteiger partial charge on any atom is -0.350 e. The minimum absolute atomic E-state index is 0.0801. The number of hydrazone groups is 1. The highest BCUT2D eigenvalue weighted by molar-refractivity contribution is 8.04.